The predicted octanol–water partition coefficient (Wildman–Crippen LogP) is 6.19. The van der Waals surface area contributed by atoms with Crippen LogP contribution in [-0.2, 0) is 16.0 Å². The van der Waals surface area contributed by atoms with Gasteiger partial charge >= 0.3 is 0 Å². The van der Waals surface area contributed by atoms with E-state index in [4.69, 9.17) is 35.6 Å². The summed E-state index contributed by atoms with van der Waals surface area (Å²) < 4.78 is 27.5. The Kier molecular flexibility index (Phi) is 11.7. The lowest BCUT2D eigenvalue weighted by Crippen LogP contribution is -2.51. The lowest BCUT2D eigenvalue weighted by molar-refractivity contribution is -0.0852. The maximum atomic E-state index is 6.48. The number of rotatable bonds is 14. The molecule has 6 rings (SSSR count). The minimum Gasteiger partial charge on any atom is -0.487 e. The zero-order chi connectivity index (χ0) is 34.3. The van der Waals surface area contributed by atoms with E-state index in [1.165, 1.54) is 6.33 Å². The van der Waals surface area contributed by atoms with E-state index in [1.54, 1.807) is 30.5 Å². The number of hydrogen-bond acceptors (Lipinski definition) is 11. The Morgan fingerprint density at radius 1 is 1.00 bits per heavy atom. The molecule has 4 atom stereocenters. The first-order valence-electron chi connectivity index (χ1n) is 17.3. The summed E-state index contributed by atoms with van der Waals surface area (Å²) in [7, 11) is 1.71. The summed E-state index contributed by atoms with van der Waals surface area (Å²) in [6.07, 6.45) is 14.4. The standard InChI is InChI=1S/C35H48ClN9O4/c1-23(46-5)12-13-47-34-32(20-45(42-34)30-9-7-29(8-10-30)43-17-24(2)48-25(3)18-43)41-35-38-15-28(16-39-35)27-6-11-31(36)33(14-27)49-26(4)19-44-22-37-21-40-44/h6,11,14-16,20-26,29-30H,7-10,12-13,17-19H2,1-5H3,(H,38,39,41)/t23?,24-,25+,26?,29?,30?. The zero-order valence-corrected chi connectivity index (χ0v) is 29.8. The smallest absolute Gasteiger partial charge is 0.256 e. The molecule has 0 bridgehead atoms. The van der Waals surface area contributed by atoms with Crippen LogP contribution in [0.25, 0.3) is 11.1 Å². The number of halogens is 1. The first kappa shape index (κ1) is 35.1. The molecule has 0 radical (unpaired) electrons. The summed E-state index contributed by atoms with van der Waals surface area (Å²) in [6.45, 7) is 11.4. The Morgan fingerprint density at radius 3 is 2.43 bits per heavy atom. The predicted molar refractivity (Wildman–Crippen MR) is 188 cm³/mol. The largest absolute Gasteiger partial charge is 0.487 e. The molecule has 0 spiro atoms. The van der Waals surface area contributed by atoms with Crippen LogP contribution < -0.4 is 14.8 Å². The molecule has 4 aromatic rings. The Bertz CT molecular complexity index is 1600. The number of aromatic nitrogens is 7. The fourth-order valence-corrected chi connectivity index (χ4v) is 6.84. The molecule has 264 valence electrons. The van der Waals surface area contributed by atoms with Crippen LogP contribution in [0.2, 0.25) is 5.02 Å². The van der Waals surface area contributed by atoms with Gasteiger partial charge in [-0.1, -0.05) is 17.7 Å². The van der Waals surface area contributed by atoms with Gasteiger partial charge in [-0.05, 0) is 71.1 Å². The number of benzene rings is 1. The van der Waals surface area contributed by atoms with E-state index in [9.17, 15) is 0 Å². The fraction of sp³-hybridized carbons (Fsp3) is 0.571. The average Bonchev–Trinajstić information content (AvgIpc) is 3.75. The molecule has 1 aliphatic carbocycles. The minimum atomic E-state index is -0.167. The van der Waals surface area contributed by atoms with Crippen LogP contribution >= 0.6 is 11.6 Å². The third-order valence-electron chi connectivity index (χ3n) is 9.27. The number of nitrogens with one attached hydrogen (secondary N) is 1. The minimum absolute atomic E-state index is 0.0889. The molecule has 4 heterocycles. The Balaban J connectivity index is 1.12. The van der Waals surface area contributed by atoms with Crippen molar-refractivity contribution in [2.75, 3.05) is 32.1 Å². The normalized spacial score (nSPS) is 22.8. The van der Waals surface area contributed by atoms with E-state index in [2.05, 4.69) is 48.8 Å². The molecule has 0 amide bonds. The van der Waals surface area contributed by atoms with Crippen LogP contribution in [0.5, 0.6) is 11.6 Å². The van der Waals surface area contributed by atoms with Crippen LogP contribution in [-0.4, -0.2) is 96.7 Å². The molecule has 49 heavy (non-hydrogen) atoms. The van der Waals surface area contributed by atoms with Gasteiger partial charge in [0.15, 0.2) is 0 Å². The molecule has 1 aromatic carbocycles. The molecular formula is C35H48ClN9O4. The SMILES string of the molecule is COC(C)CCOc1nn(C2CCC(N3C[C@@H](C)O[C@@H](C)C3)CC2)cc1Nc1ncc(-c2ccc(Cl)c(OC(C)Cn3cncn3)c2)cn1. The van der Waals surface area contributed by atoms with Gasteiger partial charge in [-0.2, -0.15) is 5.10 Å². The van der Waals surface area contributed by atoms with Crippen molar-refractivity contribution in [3.63, 3.8) is 0 Å². The third kappa shape index (κ3) is 9.27. The van der Waals surface area contributed by atoms with Gasteiger partial charge in [-0.15, -0.1) is 5.10 Å². The van der Waals surface area contributed by atoms with Crippen molar-refractivity contribution in [1.29, 1.82) is 0 Å². The van der Waals surface area contributed by atoms with Crippen LogP contribution in [0.1, 0.15) is 65.8 Å². The van der Waals surface area contributed by atoms with Gasteiger partial charge in [0.1, 0.15) is 30.2 Å². The maximum absolute atomic E-state index is 6.48. The van der Waals surface area contributed by atoms with Gasteiger partial charge < -0.3 is 24.3 Å². The van der Waals surface area contributed by atoms with Crippen molar-refractivity contribution < 1.29 is 18.9 Å². The molecular weight excluding hydrogens is 646 g/mol. The average molecular weight is 694 g/mol. The van der Waals surface area contributed by atoms with E-state index >= 15 is 0 Å². The summed E-state index contributed by atoms with van der Waals surface area (Å²) in [4.78, 5) is 15.9. The summed E-state index contributed by atoms with van der Waals surface area (Å²) in [6, 6.07) is 6.53. The van der Waals surface area contributed by atoms with Gasteiger partial charge in [0.25, 0.3) is 5.88 Å². The lowest BCUT2D eigenvalue weighted by atomic mass is 9.89. The molecule has 1 N–H and O–H groups in total. The number of ether oxygens (including phenoxy) is 4. The van der Waals surface area contributed by atoms with Crippen molar-refractivity contribution >= 4 is 23.2 Å². The van der Waals surface area contributed by atoms with Crippen LogP contribution in [0.4, 0.5) is 11.6 Å². The van der Waals surface area contributed by atoms with Crippen LogP contribution in [0.15, 0.2) is 49.4 Å². The van der Waals surface area contributed by atoms with Crippen LogP contribution in [0.3, 0.4) is 0 Å². The number of nitrogens with zero attached hydrogens (tertiary/aromatic N) is 8. The second kappa shape index (κ2) is 16.3. The molecule has 2 fully saturated rings. The molecule has 1 saturated carbocycles. The Labute approximate surface area is 293 Å². The van der Waals surface area contributed by atoms with Gasteiger partial charge in [0.2, 0.25) is 5.95 Å². The van der Waals surface area contributed by atoms with Gasteiger partial charge in [0.05, 0.1) is 48.7 Å². The highest BCUT2D eigenvalue weighted by Crippen LogP contribution is 2.36. The fourth-order valence-electron chi connectivity index (χ4n) is 6.68. The first-order chi connectivity index (χ1) is 23.7. The lowest BCUT2D eigenvalue weighted by Gasteiger charge is -2.42. The molecule has 2 unspecified atom stereocenters. The molecule has 14 heteroatoms. The molecule has 2 aliphatic rings. The molecule has 3 aromatic heterocycles. The first-order valence-corrected chi connectivity index (χ1v) is 17.6. The van der Waals surface area contributed by atoms with Gasteiger partial charge in [0, 0.05) is 50.6 Å². The van der Waals surface area contributed by atoms with Gasteiger partial charge in [-0.25, -0.2) is 19.6 Å². The van der Waals surface area contributed by atoms with Crippen molar-refractivity contribution in [1.82, 2.24) is 39.4 Å². The maximum Gasteiger partial charge on any atom is 0.256 e. The highest BCUT2D eigenvalue weighted by molar-refractivity contribution is 6.32. The van der Waals surface area contributed by atoms with Gasteiger partial charge in [-0.3, -0.25) is 9.58 Å². The van der Waals surface area contributed by atoms with E-state index in [1.807, 2.05) is 38.2 Å². The molecule has 1 aliphatic heterocycles. The quantitative estimate of drug-likeness (QED) is 0.162. The monoisotopic (exact) mass is 693 g/mol. The van der Waals surface area contributed by atoms with Crippen LogP contribution in [0, 0.1) is 0 Å². The van der Waals surface area contributed by atoms with E-state index in [-0.39, 0.29) is 24.4 Å². The van der Waals surface area contributed by atoms with Crippen molar-refractivity contribution in [2.24, 2.45) is 0 Å². The summed E-state index contributed by atoms with van der Waals surface area (Å²) in [5, 5.41) is 12.9. The Morgan fingerprint density at radius 2 is 1.73 bits per heavy atom. The van der Waals surface area contributed by atoms with Crippen molar-refractivity contribution in [3.05, 3.63) is 54.5 Å². The number of anilines is 2. The van der Waals surface area contributed by atoms with Crippen molar-refractivity contribution in [3.8, 4) is 22.8 Å². The topological polar surface area (TPSA) is 127 Å². The highest BCUT2D eigenvalue weighted by Gasteiger charge is 2.32. The number of hydrogen-bond donors (Lipinski definition) is 1. The van der Waals surface area contributed by atoms with Crippen molar-refractivity contribution in [2.45, 2.75) is 103 Å². The second-order valence-corrected chi connectivity index (χ2v) is 13.7. The molecule has 13 nitrogen and oxygen atoms in total. The third-order valence-corrected chi connectivity index (χ3v) is 9.58. The highest BCUT2D eigenvalue weighted by atomic mass is 35.5. The van der Waals surface area contributed by atoms with E-state index < -0.39 is 0 Å². The summed E-state index contributed by atoms with van der Waals surface area (Å²) >= 11 is 6.48. The van der Waals surface area contributed by atoms with E-state index in [0.29, 0.717) is 47.8 Å². The molecule has 1 saturated heterocycles. The summed E-state index contributed by atoms with van der Waals surface area (Å²) in [5.41, 5.74) is 2.46. The zero-order valence-electron chi connectivity index (χ0n) is 29.0. The number of methoxy groups -OCH3 is 1. The Hall–Kier alpha value is -3.78. The summed E-state index contributed by atoms with van der Waals surface area (Å²) in [5.74, 6) is 1.56. The second-order valence-electron chi connectivity index (χ2n) is 13.3. The number of morpholine rings is 1. The van der Waals surface area contributed by atoms with E-state index in [0.717, 1.165) is 62.0 Å².